The van der Waals surface area contributed by atoms with Gasteiger partial charge in [-0.15, -0.1) is 0 Å². The molecule has 0 bridgehead atoms. The molecular weight excluding hydrogens is 877 g/mol. The number of esters is 3. The maximum Gasteiger partial charge on any atom is 0.306 e. The molecule has 0 spiro atoms. The van der Waals surface area contributed by atoms with Gasteiger partial charge in [0, 0.05) is 19.3 Å². The van der Waals surface area contributed by atoms with Crippen LogP contribution >= 0.6 is 0 Å². The first-order valence-electron chi connectivity index (χ1n) is 29.0. The van der Waals surface area contributed by atoms with Gasteiger partial charge in [0.25, 0.3) is 0 Å². The Kier molecular flexibility index (Phi) is 54.9. The van der Waals surface area contributed by atoms with Crippen LogP contribution in [0, 0.1) is 0 Å². The molecule has 71 heavy (non-hydrogen) atoms. The van der Waals surface area contributed by atoms with E-state index < -0.39 is 6.10 Å². The lowest BCUT2D eigenvalue weighted by Crippen LogP contribution is -2.30. The van der Waals surface area contributed by atoms with Crippen molar-refractivity contribution in [1.29, 1.82) is 0 Å². The molecule has 0 saturated carbocycles. The van der Waals surface area contributed by atoms with Gasteiger partial charge in [-0.2, -0.15) is 0 Å². The van der Waals surface area contributed by atoms with Crippen molar-refractivity contribution in [3.05, 3.63) is 122 Å². The lowest BCUT2D eigenvalue weighted by Gasteiger charge is -2.18. The molecule has 0 radical (unpaired) electrons. The highest BCUT2D eigenvalue weighted by molar-refractivity contribution is 5.71. The Morgan fingerprint density at radius 1 is 0.296 bits per heavy atom. The van der Waals surface area contributed by atoms with E-state index in [9.17, 15) is 14.4 Å². The van der Waals surface area contributed by atoms with Crippen LogP contribution in [-0.2, 0) is 28.6 Å². The van der Waals surface area contributed by atoms with Gasteiger partial charge in [0.15, 0.2) is 6.10 Å². The van der Waals surface area contributed by atoms with Crippen LogP contribution in [0.5, 0.6) is 0 Å². The van der Waals surface area contributed by atoms with Crippen molar-refractivity contribution in [1.82, 2.24) is 0 Å². The minimum atomic E-state index is -0.817. The van der Waals surface area contributed by atoms with E-state index in [1.54, 1.807) is 0 Å². The number of hydrogen-bond acceptors (Lipinski definition) is 6. The Labute approximate surface area is 437 Å². The van der Waals surface area contributed by atoms with Gasteiger partial charge >= 0.3 is 17.9 Å². The Bertz CT molecular complexity index is 1500. The van der Waals surface area contributed by atoms with E-state index in [4.69, 9.17) is 14.2 Å². The molecule has 0 aliphatic rings. The number of carbonyl (C=O) groups excluding carboxylic acids is 3. The van der Waals surface area contributed by atoms with Crippen LogP contribution in [0.3, 0.4) is 0 Å². The zero-order valence-electron chi connectivity index (χ0n) is 45.9. The molecule has 6 nitrogen and oxygen atoms in total. The monoisotopic (exact) mass is 983 g/mol. The molecule has 1 unspecified atom stereocenters. The van der Waals surface area contributed by atoms with Gasteiger partial charge in [0.2, 0.25) is 0 Å². The molecule has 0 aromatic carbocycles. The average molecular weight is 984 g/mol. The summed E-state index contributed by atoms with van der Waals surface area (Å²) in [5.41, 5.74) is 0. The third-order valence-electron chi connectivity index (χ3n) is 11.9. The fourth-order valence-corrected chi connectivity index (χ4v) is 7.65. The van der Waals surface area contributed by atoms with Crippen LogP contribution in [0.25, 0.3) is 0 Å². The minimum absolute atomic E-state index is 0.109. The molecule has 0 amide bonds. The fraction of sp³-hybridized carbons (Fsp3) is 0.646. The SMILES string of the molecule is CC/C=C\C/C=C\C/C=C\C/C=C\C/C=C\CCCCCCCCCCCC(=O)OCC(COC(=O)CC/C=C\C/C=C\C/C=C\C/C=C\CC)OC(=O)CCCCCCC/C=C\CCCCCCCC. The van der Waals surface area contributed by atoms with E-state index in [1.807, 2.05) is 12.2 Å². The Morgan fingerprint density at radius 3 is 0.958 bits per heavy atom. The standard InChI is InChI=1S/C65H106O6/c1-4-7-10-13-16-19-22-25-27-28-29-30-31-32-33-34-35-36-38-40-43-46-49-52-55-58-64(67)70-61-62(60-69-63(66)57-54-51-48-45-42-39-24-21-18-15-12-9-6-3)71-65(68)59-56-53-50-47-44-41-37-26-23-20-17-14-11-8-5-2/h7,9-10,12,16,18-19,21,25-27,29-30,32-33,37,39,42,48,51,62H,4-6,8,11,13-15,17,20,22-24,28,31,34-36,38,40-41,43-47,49-50,52-61H2,1-3H3/b10-7-,12-9-,19-16-,21-18-,27-25-,30-29-,33-32-,37-26-,42-39-,51-48-. The summed E-state index contributed by atoms with van der Waals surface area (Å²) in [6.45, 7) is 6.33. The van der Waals surface area contributed by atoms with Crippen molar-refractivity contribution < 1.29 is 28.6 Å². The van der Waals surface area contributed by atoms with Crippen molar-refractivity contribution in [2.75, 3.05) is 13.2 Å². The van der Waals surface area contributed by atoms with E-state index in [1.165, 1.54) is 89.9 Å². The van der Waals surface area contributed by atoms with E-state index in [-0.39, 0.29) is 37.5 Å². The molecule has 0 N–H and O–H groups in total. The number of carbonyl (C=O) groups is 3. The zero-order chi connectivity index (χ0) is 51.4. The summed E-state index contributed by atoms with van der Waals surface area (Å²) in [5.74, 6) is -1.01. The van der Waals surface area contributed by atoms with Crippen LogP contribution in [0.15, 0.2) is 122 Å². The fourth-order valence-electron chi connectivity index (χ4n) is 7.65. The van der Waals surface area contributed by atoms with Crippen molar-refractivity contribution in [2.24, 2.45) is 0 Å². The Balaban J connectivity index is 4.40. The predicted molar refractivity (Wildman–Crippen MR) is 306 cm³/mol. The summed E-state index contributed by atoms with van der Waals surface area (Å²) in [4.78, 5) is 38.1. The summed E-state index contributed by atoms with van der Waals surface area (Å²) >= 11 is 0. The predicted octanol–water partition coefficient (Wildman–Crippen LogP) is 19.6. The van der Waals surface area contributed by atoms with Gasteiger partial charge in [-0.3, -0.25) is 14.4 Å². The first-order chi connectivity index (χ1) is 35.0. The van der Waals surface area contributed by atoms with E-state index in [0.717, 1.165) is 116 Å². The molecule has 1 atom stereocenters. The number of hydrogen-bond donors (Lipinski definition) is 0. The van der Waals surface area contributed by atoms with Gasteiger partial charge in [0.05, 0.1) is 0 Å². The Hall–Kier alpha value is -4.19. The lowest BCUT2D eigenvalue weighted by atomic mass is 10.1. The number of rotatable bonds is 51. The topological polar surface area (TPSA) is 78.9 Å². The molecular formula is C65H106O6. The van der Waals surface area contributed by atoms with Gasteiger partial charge in [-0.05, 0) is 116 Å². The van der Waals surface area contributed by atoms with Crippen molar-refractivity contribution in [2.45, 2.75) is 258 Å². The second kappa shape index (κ2) is 58.4. The number of unbranched alkanes of at least 4 members (excludes halogenated alkanes) is 20. The van der Waals surface area contributed by atoms with E-state index in [2.05, 4.69) is 130 Å². The molecule has 402 valence electrons. The molecule has 0 rings (SSSR count). The van der Waals surface area contributed by atoms with Crippen molar-refractivity contribution >= 4 is 17.9 Å². The highest BCUT2D eigenvalue weighted by atomic mass is 16.6. The Morgan fingerprint density at radius 2 is 0.577 bits per heavy atom. The third-order valence-corrected chi connectivity index (χ3v) is 11.9. The lowest BCUT2D eigenvalue weighted by molar-refractivity contribution is -0.166. The quantitative estimate of drug-likeness (QED) is 0.0261. The number of ether oxygens (including phenoxy) is 3. The first-order valence-corrected chi connectivity index (χ1v) is 29.0. The van der Waals surface area contributed by atoms with Crippen LogP contribution in [0.2, 0.25) is 0 Å². The summed E-state index contributed by atoms with van der Waals surface area (Å²) in [5, 5.41) is 0. The smallest absolute Gasteiger partial charge is 0.306 e. The molecule has 0 fully saturated rings. The van der Waals surface area contributed by atoms with E-state index in [0.29, 0.717) is 19.3 Å². The summed E-state index contributed by atoms with van der Waals surface area (Å²) in [6, 6.07) is 0. The molecule has 0 aromatic rings. The second-order valence-electron chi connectivity index (χ2n) is 18.8. The molecule has 0 saturated heterocycles. The summed E-state index contributed by atoms with van der Waals surface area (Å²) in [7, 11) is 0. The molecule has 6 heteroatoms. The molecule has 0 aliphatic heterocycles. The highest BCUT2D eigenvalue weighted by Crippen LogP contribution is 2.14. The summed E-state index contributed by atoms with van der Waals surface area (Å²) < 4.78 is 16.8. The van der Waals surface area contributed by atoms with Crippen LogP contribution in [0.1, 0.15) is 252 Å². The largest absolute Gasteiger partial charge is 0.462 e. The van der Waals surface area contributed by atoms with Gasteiger partial charge in [0.1, 0.15) is 13.2 Å². The second-order valence-corrected chi connectivity index (χ2v) is 18.8. The summed E-state index contributed by atoms with van der Waals surface area (Å²) in [6.07, 6.45) is 80.6. The normalized spacial score (nSPS) is 13.0. The molecule has 0 aromatic heterocycles. The highest BCUT2D eigenvalue weighted by Gasteiger charge is 2.19. The third kappa shape index (κ3) is 56.6. The zero-order valence-corrected chi connectivity index (χ0v) is 45.9. The maximum absolute atomic E-state index is 12.8. The van der Waals surface area contributed by atoms with Crippen LogP contribution in [-0.4, -0.2) is 37.2 Å². The molecule has 0 aliphatic carbocycles. The average Bonchev–Trinajstić information content (AvgIpc) is 3.37. The van der Waals surface area contributed by atoms with Crippen molar-refractivity contribution in [3.63, 3.8) is 0 Å². The minimum Gasteiger partial charge on any atom is -0.462 e. The first kappa shape index (κ1) is 66.8. The van der Waals surface area contributed by atoms with Crippen LogP contribution in [0.4, 0.5) is 0 Å². The van der Waals surface area contributed by atoms with Crippen molar-refractivity contribution in [3.8, 4) is 0 Å². The van der Waals surface area contributed by atoms with Crippen LogP contribution < -0.4 is 0 Å². The van der Waals surface area contributed by atoms with Gasteiger partial charge in [-0.1, -0.05) is 239 Å². The van der Waals surface area contributed by atoms with Gasteiger partial charge in [-0.25, -0.2) is 0 Å². The molecule has 0 heterocycles. The maximum atomic E-state index is 12.8. The van der Waals surface area contributed by atoms with E-state index >= 15 is 0 Å². The van der Waals surface area contributed by atoms with Gasteiger partial charge < -0.3 is 14.2 Å². The number of allylic oxidation sites excluding steroid dienone is 20.